The number of thiocarbonyl (C=S) groups is 1. The Labute approximate surface area is 163 Å². The van der Waals surface area contributed by atoms with Gasteiger partial charge in [0.2, 0.25) is 0 Å². The molecule has 2 aliphatic heterocycles. The maximum atomic E-state index is 12.8. The Morgan fingerprint density at radius 3 is 2.00 bits per heavy atom. The van der Waals surface area contributed by atoms with Gasteiger partial charge in [0.25, 0.3) is 17.7 Å². The van der Waals surface area contributed by atoms with E-state index in [4.69, 9.17) is 23.8 Å². The van der Waals surface area contributed by atoms with Gasteiger partial charge in [0.1, 0.15) is 0 Å². The molecule has 1 saturated heterocycles. The Hall–Kier alpha value is -2.48. The summed E-state index contributed by atoms with van der Waals surface area (Å²) >= 11 is 12.1. The number of hydrazine groups is 1. The molecule has 0 atom stereocenters. The molecule has 8 heteroatoms. The number of hydrogen-bond acceptors (Lipinski definition) is 5. The summed E-state index contributed by atoms with van der Waals surface area (Å²) in [5.41, 5.74) is 1.28. The molecule has 2 aromatic carbocycles. The first kappa shape index (κ1) is 17.0. The van der Waals surface area contributed by atoms with Crippen molar-refractivity contribution in [3.63, 3.8) is 0 Å². The van der Waals surface area contributed by atoms with Crippen LogP contribution in [0.25, 0.3) is 6.08 Å². The van der Waals surface area contributed by atoms with Crippen molar-refractivity contribution < 1.29 is 14.4 Å². The van der Waals surface area contributed by atoms with Gasteiger partial charge in [-0.2, -0.15) is 10.0 Å². The first-order valence-corrected chi connectivity index (χ1v) is 9.09. The number of rotatable bonds is 2. The summed E-state index contributed by atoms with van der Waals surface area (Å²) in [6.45, 7) is 0. The van der Waals surface area contributed by atoms with E-state index in [1.165, 1.54) is 0 Å². The number of thioether (sulfide) groups is 1. The van der Waals surface area contributed by atoms with Crippen molar-refractivity contribution in [2.75, 3.05) is 0 Å². The lowest BCUT2D eigenvalue weighted by Crippen LogP contribution is -2.48. The number of hydrogen-bond donors (Lipinski definition) is 0. The van der Waals surface area contributed by atoms with Gasteiger partial charge in [0.05, 0.1) is 16.0 Å². The molecule has 128 valence electrons. The maximum Gasteiger partial charge on any atom is 0.285 e. The van der Waals surface area contributed by atoms with Crippen molar-refractivity contribution in [1.29, 1.82) is 0 Å². The van der Waals surface area contributed by atoms with Crippen molar-refractivity contribution in [3.05, 3.63) is 75.1 Å². The lowest BCUT2D eigenvalue weighted by atomic mass is 10.1. The standard InChI is InChI=1S/C18H9ClN2O3S2/c19-11-7-5-10(6-8-11)9-14-17(24)21(18(25)26-14)20-15(22)12-3-1-2-4-13(12)16(20)23/h1-9H/b14-9+. The van der Waals surface area contributed by atoms with Crippen molar-refractivity contribution >= 4 is 63.7 Å². The fourth-order valence-corrected chi connectivity index (χ4v) is 4.07. The van der Waals surface area contributed by atoms with Crippen molar-refractivity contribution in [2.45, 2.75) is 0 Å². The number of carbonyl (C=O) groups is 3. The van der Waals surface area contributed by atoms with E-state index < -0.39 is 17.7 Å². The monoisotopic (exact) mass is 400 g/mol. The zero-order valence-electron chi connectivity index (χ0n) is 13.0. The first-order chi connectivity index (χ1) is 12.5. The number of benzene rings is 2. The fraction of sp³-hybridized carbons (Fsp3) is 0. The molecule has 1 fully saturated rings. The highest BCUT2D eigenvalue weighted by molar-refractivity contribution is 8.26. The predicted molar refractivity (Wildman–Crippen MR) is 103 cm³/mol. The third-order valence-electron chi connectivity index (χ3n) is 3.91. The molecule has 3 amide bonds. The third kappa shape index (κ3) is 2.65. The summed E-state index contributed by atoms with van der Waals surface area (Å²) in [6.07, 6.45) is 1.65. The highest BCUT2D eigenvalue weighted by atomic mass is 35.5. The molecule has 2 aliphatic rings. The molecule has 0 N–H and O–H groups in total. The molecular formula is C18H9ClN2O3S2. The molecule has 0 radical (unpaired) electrons. The summed E-state index contributed by atoms with van der Waals surface area (Å²) in [4.78, 5) is 38.3. The smallest absolute Gasteiger partial charge is 0.267 e. The molecule has 2 heterocycles. The quantitative estimate of drug-likeness (QED) is 0.436. The number of nitrogens with zero attached hydrogens (tertiary/aromatic N) is 2. The van der Waals surface area contributed by atoms with Crippen LogP contribution in [0.2, 0.25) is 5.02 Å². The minimum absolute atomic E-state index is 0.129. The first-order valence-electron chi connectivity index (χ1n) is 7.48. The van der Waals surface area contributed by atoms with Crippen LogP contribution in [0.4, 0.5) is 0 Å². The van der Waals surface area contributed by atoms with Crippen LogP contribution in [-0.2, 0) is 4.79 Å². The number of halogens is 1. The molecule has 26 heavy (non-hydrogen) atoms. The largest absolute Gasteiger partial charge is 0.285 e. The average Bonchev–Trinajstić information content (AvgIpc) is 3.04. The topological polar surface area (TPSA) is 57.7 Å². The second-order valence-electron chi connectivity index (χ2n) is 5.51. The van der Waals surface area contributed by atoms with Gasteiger partial charge in [-0.05, 0) is 48.1 Å². The van der Waals surface area contributed by atoms with Crippen LogP contribution in [0.5, 0.6) is 0 Å². The van der Waals surface area contributed by atoms with E-state index in [0.29, 0.717) is 9.93 Å². The molecule has 0 aromatic heterocycles. The molecule has 0 aliphatic carbocycles. The lowest BCUT2D eigenvalue weighted by molar-refractivity contribution is -0.128. The number of fused-ring (bicyclic) bond motifs is 1. The van der Waals surface area contributed by atoms with Gasteiger partial charge in [-0.1, -0.05) is 47.6 Å². The Morgan fingerprint density at radius 2 is 1.42 bits per heavy atom. The lowest BCUT2D eigenvalue weighted by Gasteiger charge is -2.23. The van der Waals surface area contributed by atoms with E-state index in [-0.39, 0.29) is 15.4 Å². The van der Waals surface area contributed by atoms with Crippen molar-refractivity contribution in [1.82, 2.24) is 10.0 Å². The van der Waals surface area contributed by atoms with Crippen LogP contribution in [0.15, 0.2) is 53.4 Å². The van der Waals surface area contributed by atoms with Gasteiger partial charge < -0.3 is 0 Å². The van der Waals surface area contributed by atoms with Crippen LogP contribution in [0.3, 0.4) is 0 Å². The van der Waals surface area contributed by atoms with Gasteiger partial charge in [-0.25, -0.2) is 0 Å². The van der Waals surface area contributed by atoms with Crippen molar-refractivity contribution in [3.8, 4) is 0 Å². The minimum atomic E-state index is -0.561. The summed E-state index contributed by atoms with van der Waals surface area (Å²) in [6, 6.07) is 13.4. The Bertz CT molecular complexity index is 982. The Balaban J connectivity index is 1.68. The van der Waals surface area contributed by atoms with Gasteiger partial charge in [0, 0.05) is 5.02 Å². The van der Waals surface area contributed by atoms with Crippen LogP contribution in [-0.4, -0.2) is 32.1 Å². The molecule has 0 saturated carbocycles. The second kappa shape index (κ2) is 6.35. The molecular weight excluding hydrogens is 392 g/mol. The summed E-state index contributed by atoms with van der Waals surface area (Å²) in [5.74, 6) is -1.63. The normalized spacial score (nSPS) is 18.3. The number of imide groups is 1. The van der Waals surface area contributed by atoms with Crippen LogP contribution in [0, 0.1) is 0 Å². The average molecular weight is 401 g/mol. The maximum absolute atomic E-state index is 12.8. The predicted octanol–water partition coefficient (Wildman–Crippen LogP) is 3.75. The fourth-order valence-electron chi connectivity index (χ4n) is 2.70. The van der Waals surface area contributed by atoms with E-state index in [1.54, 1.807) is 54.6 Å². The third-order valence-corrected chi connectivity index (χ3v) is 5.45. The highest BCUT2D eigenvalue weighted by Crippen LogP contribution is 2.36. The van der Waals surface area contributed by atoms with Gasteiger partial charge in [-0.3, -0.25) is 14.4 Å². The van der Waals surface area contributed by atoms with Crippen LogP contribution < -0.4 is 0 Å². The molecule has 5 nitrogen and oxygen atoms in total. The zero-order chi connectivity index (χ0) is 18.4. The second-order valence-corrected chi connectivity index (χ2v) is 7.62. The van der Waals surface area contributed by atoms with E-state index >= 15 is 0 Å². The molecule has 4 rings (SSSR count). The Kier molecular flexibility index (Phi) is 4.14. The van der Waals surface area contributed by atoms with Gasteiger partial charge >= 0.3 is 0 Å². The summed E-state index contributed by atoms with van der Waals surface area (Å²) in [7, 11) is 0. The molecule has 0 bridgehead atoms. The molecule has 0 unspecified atom stereocenters. The zero-order valence-corrected chi connectivity index (χ0v) is 15.4. The minimum Gasteiger partial charge on any atom is -0.267 e. The van der Waals surface area contributed by atoms with Crippen LogP contribution in [0.1, 0.15) is 26.3 Å². The summed E-state index contributed by atoms with van der Waals surface area (Å²) in [5, 5.41) is 2.36. The van der Waals surface area contributed by atoms with E-state index in [1.807, 2.05) is 0 Å². The number of carbonyl (C=O) groups excluding carboxylic acids is 3. The van der Waals surface area contributed by atoms with Crippen molar-refractivity contribution in [2.24, 2.45) is 0 Å². The van der Waals surface area contributed by atoms with E-state index in [9.17, 15) is 14.4 Å². The Morgan fingerprint density at radius 1 is 0.846 bits per heavy atom. The molecule has 0 spiro atoms. The van der Waals surface area contributed by atoms with Gasteiger partial charge in [0.15, 0.2) is 4.32 Å². The van der Waals surface area contributed by atoms with E-state index in [0.717, 1.165) is 27.3 Å². The van der Waals surface area contributed by atoms with Crippen LogP contribution >= 0.6 is 35.6 Å². The van der Waals surface area contributed by atoms with E-state index in [2.05, 4.69) is 0 Å². The van der Waals surface area contributed by atoms with Gasteiger partial charge in [-0.15, -0.1) is 0 Å². The highest BCUT2D eigenvalue weighted by Gasteiger charge is 2.46. The number of amides is 3. The SMILES string of the molecule is O=C1/C(=C\c2ccc(Cl)cc2)SC(=S)N1N1C(=O)c2ccccc2C1=O. The summed E-state index contributed by atoms with van der Waals surface area (Å²) < 4.78 is 0.129. The molecule has 2 aromatic rings.